The highest BCUT2D eigenvalue weighted by Gasteiger charge is 2.38. The fourth-order valence-corrected chi connectivity index (χ4v) is 3.11. The molecule has 31 heavy (non-hydrogen) atoms. The minimum atomic E-state index is -3.53. The molecule has 0 spiro atoms. The minimum absolute atomic E-state index is 0.191. The van der Waals surface area contributed by atoms with Crippen LogP contribution in [0.1, 0.15) is 29.6 Å². The molecule has 0 aliphatic heterocycles. The Morgan fingerprint density at radius 2 is 1.84 bits per heavy atom. The first-order valence-electron chi connectivity index (χ1n) is 9.68. The van der Waals surface area contributed by atoms with Gasteiger partial charge in [-0.3, -0.25) is 5.10 Å². The lowest BCUT2D eigenvalue weighted by molar-refractivity contribution is 0.0333. The van der Waals surface area contributed by atoms with Crippen LogP contribution in [-0.4, -0.2) is 26.8 Å². The van der Waals surface area contributed by atoms with Gasteiger partial charge in [0.1, 0.15) is 11.6 Å². The molecule has 2 aromatic heterocycles. The standard InChI is InChI=1S/C22H20F3N5O/c1-3-31-12-14-4-9-17-18(11-14)26-21(22(24,25)15-5-7-16(23)8-6-15)28-20(17)27-19-10-13(2)29-30-19/h4-11H,3,12H2,1-2H3,(H2,26,27,28,29,30). The van der Waals surface area contributed by atoms with E-state index in [9.17, 15) is 4.39 Å². The van der Waals surface area contributed by atoms with Crippen molar-refractivity contribution in [1.29, 1.82) is 0 Å². The summed E-state index contributed by atoms with van der Waals surface area (Å²) >= 11 is 0. The highest BCUT2D eigenvalue weighted by molar-refractivity contribution is 5.91. The highest BCUT2D eigenvalue weighted by Crippen LogP contribution is 2.36. The van der Waals surface area contributed by atoms with E-state index in [1.54, 1.807) is 18.2 Å². The number of H-pyrrole nitrogens is 1. The van der Waals surface area contributed by atoms with Gasteiger partial charge in [-0.1, -0.05) is 6.07 Å². The number of aryl methyl sites for hydroxylation is 1. The number of nitrogens with one attached hydrogen (secondary N) is 2. The van der Waals surface area contributed by atoms with Gasteiger partial charge in [-0.25, -0.2) is 14.4 Å². The van der Waals surface area contributed by atoms with E-state index in [-0.39, 0.29) is 5.82 Å². The quantitative estimate of drug-likeness (QED) is 0.423. The molecular weight excluding hydrogens is 407 g/mol. The van der Waals surface area contributed by atoms with E-state index in [1.165, 1.54) is 0 Å². The van der Waals surface area contributed by atoms with Crippen LogP contribution in [0.5, 0.6) is 0 Å². The Hall–Kier alpha value is -3.46. The van der Waals surface area contributed by atoms with Gasteiger partial charge in [-0.15, -0.1) is 0 Å². The summed E-state index contributed by atoms with van der Waals surface area (Å²) in [4.78, 5) is 8.26. The molecule has 2 N–H and O–H groups in total. The van der Waals surface area contributed by atoms with Gasteiger partial charge in [0, 0.05) is 29.3 Å². The van der Waals surface area contributed by atoms with Crippen molar-refractivity contribution in [2.75, 3.05) is 11.9 Å². The monoisotopic (exact) mass is 427 g/mol. The van der Waals surface area contributed by atoms with Crippen molar-refractivity contribution in [2.24, 2.45) is 0 Å². The number of nitrogens with zero attached hydrogens (tertiary/aromatic N) is 3. The van der Waals surface area contributed by atoms with Gasteiger partial charge < -0.3 is 10.1 Å². The van der Waals surface area contributed by atoms with Crippen molar-refractivity contribution in [2.45, 2.75) is 26.4 Å². The maximum atomic E-state index is 15.3. The van der Waals surface area contributed by atoms with E-state index in [4.69, 9.17) is 4.74 Å². The molecule has 0 amide bonds. The van der Waals surface area contributed by atoms with Gasteiger partial charge >= 0.3 is 5.92 Å². The largest absolute Gasteiger partial charge is 0.377 e. The second-order valence-electron chi connectivity index (χ2n) is 7.03. The van der Waals surface area contributed by atoms with E-state index < -0.39 is 23.1 Å². The molecule has 4 aromatic rings. The first kappa shape index (κ1) is 20.8. The summed E-state index contributed by atoms with van der Waals surface area (Å²) in [6.45, 7) is 4.56. The topological polar surface area (TPSA) is 75.7 Å². The predicted molar refractivity (Wildman–Crippen MR) is 111 cm³/mol. The molecule has 2 aromatic carbocycles. The third-order valence-corrected chi connectivity index (χ3v) is 4.67. The lowest BCUT2D eigenvalue weighted by atomic mass is 10.1. The molecule has 2 heterocycles. The molecule has 0 unspecified atom stereocenters. The number of benzene rings is 2. The number of hydrogen-bond acceptors (Lipinski definition) is 5. The fourth-order valence-electron chi connectivity index (χ4n) is 3.11. The van der Waals surface area contributed by atoms with Crippen LogP contribution >= 0.6 is 0 Å². The Morgan fingerprint density at radius 3 is 2.52 bits per heavy atom. The molecule has 4 rings (SSSR count). The van der Waals surface area contributed by atoms with Crippen LogP contribution in [-0.2, 0) is 17.3 Å². The molecule has 6 nitrogen and oxygen atoms in total. The third kappa shape index (κ3) is 4.36. The third-order valence-electron chi connectivity index (χ3n) is 4.67. The van der Waals surface area contributed by atoms with Gasteiger partial charge in [-0.2, -0.15) is 13.9 Å². The summed E-state index contributed by atoms with van der Waals surface area (Å²) in [6.07, 6.45) is 0. The molecule has 0 radical (unpaired) electrons. The Labute approximate surface area is 176 Å². The molecule has 0 aliphatic carbocycles. The number of aromatic nitrogens is 4. The number of halogens is 3. The SMILES string of the molecule is CCOCc1ccc2c(Nc3cc(C)[nH]n3)nc(C(F)(F)c3ccc(F)cc3)nc2c1. The van der Waals surface area contributed by atoms with Crippen molar-refractivity contribution in [3.63, 3.8) is 0 Å². The van der Waals surface area contributed by atoms with Crippen molar-refractivity contribution >= 4 is 22.5 Å². The number of alkyl halides is 2. The zero-order valence-corrected chi connectivity index (χ0v) is 16.9. The van der Waals surface area contributed by atoms with Gasteiger partial charge in [-0.05, 0) is 55.8 Å². The van der Waals surface area contributed by atoms with Crippen LogP contribution in [0.4, 0.5) is 24.8 Å². The Balaban J connectivity index is 1.84. The molecule has 0 bridgehead atoms. The summed E-state index contributed by atoms with van der Waals surface area (Å²) in [6, 6.07) is 11.0. The molecular formula is C22H20F3N5O. The summed E-state index contributed by atoms with van der Waals surface area (Å²) in [7, 11) is 0. The van der Waals surface area contributed by atoms with E-state index in [2.05, 4.69) is 25.5 Å². The van der Waals surface area contributed by atoms with Gasteiger partial charge in [0.05, 0.1) is 12.1 Å². The van der Waals surface area contributed by atoms with Crippen LogP contribution in [0.2, 0.25) is 0 Å². The number of aromatic amines is 1. The second kappa shape index (κ2) is 8.35. The summed E-state index contributed by atoms with van der Waals surface area (Å²) in [5, 5.41) is 10.4. The van der Waals surface area contributed by atoms with Gasteiger partial charge in [0.15, 0.2) is 5.82 Å². The molecule has 0 aliphatic rings. The van der Waals surface area contributed by atoms with Crippen LogP contribution in [0.15, 0.2) is 48.5 Å². The minimum Gasteiger partial charge on any atom is -0.377 e. The van der Waals surface area contributed by atoms with Crippen LogP contribution in [0.25, 0.3) is 10.9 Å². The fraction of sp³-hybridized carbons (Fsp3) is 0.227. The summed E-state index contributed by atoms with van der Waals surface area (Å²) in [5.74, 6) is -4.20. The Bertz CT molecular complexity index is 1210. The second-order valence-corrected chi connectivity index (χ2v) is 7.03. The van der Waals surface area contributed by atoms with Crippen LogP contribution < -0.4 is 5.32 Å². The number of rotatable bonds is 7. The van der Waals surface area contributed by atoms with Crippen molar-refractivity contribution in [3.8, 4) is 0 Å². The van der Waals surface area contributed by atoms with E-state index >= 15 is 8.78 Å². The van der Waals surface area contributed by atoms with Crippen molar-refractivity contribution in [1.82, 2.24) is 20.2 Å². The number of ether oxygens (including phenoxy) is 1. The van der Waals surface area contributed by atoms with Gasteiger partial charge in [0.2, 0.25) is 5.82 Å². The highest BCUT2D eigenvalue weighted by atomic mass is 19.3. The predicted octanol–water partition coefficient (Wildman–Crippen LogP) is 5.22. The molecule has 9 heteroatoms. The lowest BCUT2D eigenvalue weighted by Gasteiger charge is -2.18. The van der Waals surface area contributed by atoms with Gasteiger partial charge in [0.25, 0.3) is 0 Å². The Kier molecular flexibility index (Phi) is 5.60. The number of anilines is 2. The molecule has 160 valence electrons. The average Bonchev–Trinajstić information content (AvgIpc) is 3.16. The lowest BCUT2D eigenvalue weighted by Crippen LogP contribution is -2.20. The van der Waals surface area contributed by atoms with E-state index in [1.807, 2.05) is 19.9 Å². The molecule has 0 fully saturated rings. The summed E-state index contributed by atoms with van der Waals surface area (Å²) in [5.41, 5.74) is 1.53. The van der Waals surface area contributed by atoms with E-state index in [0.717, 1.165) is 35.5 Å². The number of fused-ring (bicyclic) bond motifs is 1. The number of hydrogen-bond donors (Lipinski definition) is 2. The maximum Gasteiger partial charge on any atom is 0.331 e. The normalized spacial score (nSPS) is 11.8. The van der Waals surface area contributed by atoms with E-state index in [0.29, 0.717) is 29.9 Å². The van der Waals surface area contributed by atoms with Crippen LogP contribution in [0.3, 0.4) is 0 Å². The first-order chi connectivity index (χ1) is 14.9. The smallest absolute Gasteiger partial charge is 0.331 e. The molecule has 0 saturated heterocycles. The van der Waals surface area contributed by atoms with Crippen molar-refractivity contribution in [3.05, 3.63) is 77.0 Å². The first-order valence-corrected chi connectivity index (χ1v) is 9.68. The average molecular weight is 427 g/mol. The zero-order chi connectivity index (χ0) is 22.0. The molecule has 0 saturated carbocycles. The Morgan fingerprint density at radius 1 is 1.06 bits per heavy atom. The van der Waals surface area contributed by atoms with Crippen LogP contribution in [0, 0.1) is 12.7 Å². The molecule has 0 atom stereocenters. The summed E-state index contributed by atoms with van der Waals surface area (Å²) < 4.78 is 49.2. The zero-order valence-electron chi connectivity index (χ0n) is 16.9. The maximum absolute atomic E-state index is 15.3. The van der Waals surface area contributed by atoms with Crippen molar-refractivity contribution < 1.29 is 17.9 Å².